The van der Waals surface area contributed by atoms with Gasteiger partial charge in [0.2, 0.25) is 0 Å². The van der Waals surface area contributed by atoms with Crippen molar-refractivity contribution in [2.75, 3.05) is 0 Å². The molecule has 0 aliphatic heterocycles. The summed E-state index contributed by atoms with van der Waals surface area (Å²) < 4.78 is 14.0. The van der Waals surface area contributed by atoms with Crippen LogP contribution < -0.4 is 0 Å². The smallest absolute Gasteiger partial charge is 0.125 e. The molecule has 0 radical (unpaired) electrons. The third kappa shape index (κ3) is 2.80. The molecule has 7 rings (SSSR count). The minimum Gasteiger partial charge on any atom is -0.361 e. The SMILES string of the molecule is Fc1ccc2c([C@H]3c4[nH]c5ccccc5c4[C@@H](c4ccccc4)[C@@H]3c3ccccc3)c[nH]c2c1. The zero-order chi connectivity index (χ0) is 22.6. The normalized spacial score (nSPS) is 19.6. The Kier molecular flexibility index (Phi) is 4.25. The number of H-pyrrole nitrogens is 2. The Morgan fingerprint density at radius 3 is 2.12 bits per heavy atom. The van der Waals surface area contributed by atoms with E-state index in [2.05, 4.69) is 101 Å². The van der Waals surface area contributed by atoms with E-state index < -0.39 is 0 Å². The number of hydrogen-bond acceptors (Lipinski definition) is 0. The largest absolute Gasteiger partial charge is 0.361 e. The lowest BCUT2D eigenvalue weighted by Gasteiger charge is -2.27. The van der Waals surface area contributed by atoms with E-state index in [9.17, 15) is 4.39 Å². The lowest BCUT2D eigenvalue weighted by Crippen LogP contribution is -2.14. The average Bonchev–Trinajstić information content (AvgIpc) is 3.55. The lowest BCUT2D eigenvalue weighted by molar-refractivity contribution is 0.594. The molecule has 164 valence electrons. The highest BCUT2D eigenvalue weighted by Crippen LogP contribution is 2.59. The molecule has 2 N–H and O–H groups in total. The first kappa shape index (κ1) is 19.4. The van der Waals surface area contributed by atoms with Crippen LogP contribution in [0.1, 0.15) is 45.7 Å². The van der Waals surface area contributed by atoms with Crippen molar-refractivity contribution >= 4 is 21.8 Å². The molecular weight excluding hydrogens is 419 g/mol. The molecule has 6 aromatic rings. The molecule has 1 aliphatic rings. The van der Waals surface area contributed by atoms with E-state index in [1.54, 1.807) is 12.1 Å². The van der Waals surface area contributed by atoms with Crippen LogP contribution in [0.3, 0.4) is 0 Å². The van der Waals surface area contributed by atoms with E-state index in [-0.39, 0.29) is 23.6 Å². The summed E-state index contributed by atoms with van der Waals surface area (Å²) in [6.07, 6.45) is 2.08. The van der Waals surface area contributed by atoms with Gasteiger partial charge in [-0.1, -0.05) is 78.9 Å². The van der Waals surface area contributed by atoms with Gasteiger partial charge in [0.25, 0.3) is 0 Å². The van der Waals surface area contributed by atoms with Gasteiger partial charge < -0.3 is 9.97 Å². The summed E-state index contributed by atoms with van der Waals surface area (Å²) in [7, 11) is 0. The van der Waals surface area contributed by atoms with Crippen molar-refractivity contribution in [1.82, 2.24) is 9.97 Å². The zero-order valence-corrected chi connectivity index (χ0v) is 18.5. The van der Waals surface area contributed by atoms with Crippen molar-refractivity contribution in [3.63, 3.8) is 0 Å². The van der Waals surface area contributed by atoms with Crippen molar-refractivity contribution in [3.05, 3.63) is 143 Å². The predicted molar refractivity (Wildman–Crippen MR) is 136 cm³/mol. The van der Waals surface area contributed by atoms with Crippen molar-refractivity contribution in [3.8, 4) is 0 Å². The molecule has 2 aromatic heterocycles. The second-order valence-electron chi connectivity index (χ2n) is 9.23. The summed E-state index contributed by atoms with van der Waals surface area (Å²) in [6, 6.07) is 35.3. The van der Waals surface area contributed by atoms with Gasteiger partial charge in [-0.3, -0.25) is 0 Å². The maximum atomic E-state index is 14.0. The van der Waals surface area contributed by atoms with Gasteiger partial charge in [-0.05, 0) is 46.5 Å². The third-order valence-corrected chi connectivity index (χ3v) is 7.47. The molecule has 0 saturated heterocycles. The topological polar surface area (TPSA) is 31.6 Å². The number of halogens is 1. The first-order chi connectivity index (χ1) is 16.8. The van der Waals surface area contributed by atoms with E-state index in [1.165, 1.54) is 33.3 Å². The van der Waals surface area contributed by atoms with E-state index in [0.717, 1.165) is 16.4 Å². The Morgan fingerprint density at radius 2 is 1.32 bits per heavy atom. The number of fused-ring (bicyclic) bond motifs is 4. The predicted octanol–water partition coefficient (Wildman–Crippen LogP) is 7.85. The highest BCUT2D eigenvalue weighted by Gasteiger charge is 2.46. The first-order valence-electron chi connectivity index (χ1n) is 11.8. The van der Waals surface area contributed by atoms with Gasteiger partial charge in [0, 0.05) is 51.5 Å². The minimum atomic E-state index is -0.222. The number of benzene rings is 4. The van der Waals surface area contributed by atoms with Gasteiger partial charge in [-0.2, -0.15) is 0 Å². The van der Waals surface area contributed by atoms with Gasteiger partial charge in [-0.25, -0.2) is 4.39 Å². The monoisotopic (exact) mass is 442 g/mol. The van der Waals surface area contributed by atoms with Crippen LogP contribution in [0.2, 0.25) is 0 Å². The molecule has 0 amide bonds. The molecule has 3 atom stereocenters. The van der Waals surface area contributed by atoms with Crippen LogP contribution in [-0.4, -0.2) is 9.97 Å². The maximum Gasteiger partial charge on any atom is 0.125 e. The summed E-state index contributed by atoms with van der Waals surface area (Å²) in [5.74, 6) is 0.290. The fourth-order valence-electron chi connectivity index (χ4n) is 6.14. The molecular formula is C31H23FN2. The van der Waals surface area contributed by atoms with Gasteiger partial charge in [-0.15, -0.1) is 0 Å². The highest BCUT2D eigenvalue weighted by atomic mass is 19.1. The maximum absolute atomic E-state index is 14.0. The quantitative estimate of drug-likeness (QED) is 0.280. The summed E-state index contributed by atoms with van der Waals surface area (Å²) in [6.45, 7) is 0. The van der Waals surface area contributed by atoms with Gasteiger partial charge in [0.1, 0.15) is 5.82 Å². The van der Waals surface area contributed by atoms with Gasteiger partial charge in [0.05, 0.1) is 0 Å². The summed E-state index contributed by atoms with van der Waals surface area (Å²) in [5.41, 5.74) is 8.46. The molecule has 3 heteroatoms. The summed E-state index contributed by atoms with van der Waals surface area (Å²) in [5, 5.41) is 2.35. The van der Waals surface area contributed by atoms with E-state index in [1.807, 2.05) is 6.07 Å². The molecule has 34 heavy (non-hydrogen) atoms. The molecule has 0 fully saturated rings. The fourth-order valence-corrected chi connectivity index (χ4v) is 6.14. The molecule has 0 saturated carbocycles. The number of hydrogen-bond donors (Lipinski definition) is 2. The van der Waals surface area contributed by atoms with E-state index in [0.29, 0.717) is 0 Å². The standard InChI is InChI=1S/C31H23FN2/c32-21-15-16-22-24(18-33-26(22)17-21)30-28(20-11-5-2-6-12-20)27(19-9-3-1-4-10-19)29-23-13-7-8-14-25(23)34-31(29)30/h1-18,27-28,30,33-34H/t27-,28-,30+/m0/s1. The lowest BCUT2D eigenvalue weighted by atomic mass is 9.75. The first-order valence-corrected chi connectivity index (χ1v) is 11.8. The Morgan fingerprint density at radius 1 is 0.618 bits per heavy atom. The number of nitrogens with one attached hydrogen (secondary N) is 2. The van der Waals surface area contributed by atoms with E-state index in [4.69, 9.17) is 0 Å². The molecule has 4 aromatic carbocycles. The molecule has 1 aliphatic carbocycles. The Hall–Kier alpha value is -4.11. The van der Waals surface area contributed by atoms with Crippen molar-refractivity contribution in [1.29, 1.82) is 0 Å². The zero-order valence-electron chi connectivity index (χ0n) is 18.5. The summed E-state index contributed by atoms with van der Waals surface area (Å²) >= 11 is 0. The van der Waals surface area contributed by atoms with Crippen molar-refractivity contribution < 1.29 is 4.39 Å². The Labute approximate surface area is 197 Å². The summed E-state index contributed by atoms with van der Waals surface area (Å²) in [4.78, 5) is 7.15. The molecule has 0 spiro atoms. The van der Waals surface area contributed by atoms with Gasteiger partial charge >= 0.3 is 0 Å². The minimum absolute atomic E-state index is 0.106. The Balaban J connectivity index is 1.56. The molecule has 0 unspecified atom stereocenters. The van der Waals surface area contributed by atoms with Crippen LogP contribution >= 0.6 is 0 Å². The molecule has 0 bridgehead atoms. The molecule has 2 nitrogen and oxygen atoms in total. The Bertz CT molecular complexity index is 1630. The number of para-hydroxylation sites is 1. The van der Waals surface area contributed by atoms with Crippen LogP contribution in [-0.2, 0) is 0 Å². The van der Waals surface area contributed by atoms with Crippen LogP contribution in [0.25, 0.3) is 21.8 Å². The van der Waals surface area contributed by atoms with Crippen LogP contribution in [0.5, 0.6) is 0 Å². The highest BCUT2D eigenvalue weighted by molar-refractivity contribution is 5.90. The fraction of sp³-hybridized carbons (Fsp3) is 0.0968. The van der Waals surface area contributed by atoms with Crippen LogP contribution in [0.15, 0.2) is 109 Å². The number of rotatable bonds is 3. The average molecular weight is 443 g/mol. The van der Waals surface area contributed by atoms with Crippen molar-refractivity contribution in [2.45, 2.75) is 17.8 Å². The second kappa shape index (κ2) is 7.46. The number of aromatic nitrogens is 2. The van der Waals surface area contributed by atoms with Crippen LogP contribution in [0, 0.1) is 5.82 Å². The van der Waals surface area contributed by atoms with Gasteiger partial charge in [0.15, 0.2) is 0 Å². The second-order valence-corrected chi connectivity index (χ2v) is 9.23. The van der Waals surface area contributed by atoms with Crippen molar-refractivity contribution in [2.24, 2.45) is 0 Å². The molecule has 2 heterocycles. The van der Waals surface area contributed by atoms with E-state index >= 15 is 0 Å². The van der Waals surface area contributed by atoms with Crippen LogP contribution in [0.4, 0.5) is 4.39 Å². The third-order valence-electron chi connectivity index (χ3n) is 7.47. The number of aromatic amines is 2.